The lowest BCUT2D eigenvalue weighted by molar-refractivity contribution is 0.395. The summed E-state index contributed by atoms with van der Waals surface area (Å²) in [4.78, 5) is 1.76. The highest BCUT2D eigenvalue weighted by atomic mass is 79.9. The monoisotopic (exact) mass is 545 g/mol. The van der Waals surface area contributed by atoms with Gasteiger partial charge in [-0.3, -0.25) is 0 Å². The Labute approximate surface area is 224 Å². The maximum atomic E-state index is 5.04. The van der Waals surface area contributed by atoms with E-state index < -0.39 is 5.54 Å². The standard InChI is InChI=1S/C31H24BrN5/c32-23-24-18-20-28(21-19-24)36-22-10-17-29(36)30-33-35-37(34-30)31(25-11-4-1-5-12-25,26-13-6-2-7-14-26)27-15-8-3-9-16-27/h1-22H,23H2. The van der Waals surface area contributed by atoms with Gasteiger partial charge in [0.15, 0.2) is 5.54 Å². The second kappa shape index (κ2) is 9.99. The molecule has 0 N–H and O–H groups in total. The third-order valence-corrected chi connectivity index (χ3v) is 7.28. The Morgan fingerprint density at radius 1 is 0.622 bits per heavy atom. The van der Waals surface area contributed by atoms with Crippen LogP contribution in [0.15, 0.2) is 134 Å². The summed E-state index contributed by atoms with van der Waals surface area (Å²) in [6.45, 7) is 0. The fourth-order valence-electron chi connectivity index (χ4n) is 4.88. The minimum absolute atomic E-state index is 0.557. The van der Waals surface area contributed by atoms with Crippen LogP contribution in [0, 0.1) is 0 Å². The van der Waals surface area contributed by atoms with Gasteiger partial charge in [-0.05, 0) is 51.7 Å². The van der Waals surface area contributed by atoms with Crippen molar-refractivity contribution in [2.45, 2.75) is 10.9 Å². The lowest BCUT2D eigenvalue weighted by Crippen LogP contribution is -2.39. The number of halogens is 1. The molecule has 37 heavy (non-hydrogen) atoms. The van der Waals surface area contributed by atoms with Gasteiger partial charge in [0, 0.05) is 17.2 Å². The van der Waals surface area contributed by atoms with E-state index in [1.807, 2.05) is 36.5 Å². The summed E-state index contributed by atoms with van der Waals surface area (Å²) < 4.78 is 2.09. The van der Waals surface area contributed by atoms with Gasteiger partial charge in [-0.15, -0.1) is 15.0 Å². The highest BCUT2D eigenvalue weighted by Gasteiger charge is 2.41. The summed E-state index contributed by atoms with van der Waals surface area (Å²) in [5.41, 5.74) is 5.50. The molecule has 0 unspecified atom stereocenters. The number of hydrogen-bond donors (Lipinski definition) is 0. The van der Waals surface area contributed by atoms with Gasteiger partial charge in [0.25, 0.3) is 0 Å². The van der Waals surface area contributed by atoms with Crippen molar-refractivity contribution in [1.29, 1.82) is 0 Å². The molecule has 5 nitrogen and oxygen atoms in total. The first kappa shape index (κ1) is 23.1. The summed E-state index contributed by atoms with van der Waals surface area (Å²) in [7, 11) is 0. The number of hydrogen-bond acceptors (Lipinski definition) is 3. The minimum atomic E-state index is -0.802. The van der Waals surface area contributed by atoms with Gasteiger partial charge in [0.1, 0.15) is 0 Å². The molecule has 0 radical (unpaired) electrons. The molecular weight excluding hydrogens is 522 g/mol. The molecule has 6 aromatic rings. The van der Waals surface area contributed by atoms with Gasteiger partial charge in [-0.2, -0.15) is 0 Å². The predicted octanol–water partition coefficient (Wildman–Crippen LogP) is 6.87. The SMILES string of the molecule is BrCc1ccc(-n2cccc2-c2nnn(C(c3ccccc3)(c3ccccc3)c3ccccc3)n2)cc1. The van der Waals surface area contributed by atoms with Crippen LogP contribution in [0.4, 0.5) is 0 Å². The van der Waals surface area contributed by atoms with Gasteiger partial charge in [-0.25, -0.2) is 0 Å². The zero-order chi connectivity index (χ0) is 25.1. The summed E-state index contributed by atoms with van der Waals surface area (Å²) >= 11 is 3.52. The molecule has 2 aromatic heterocycles. The Morgan fingerprint density at radius 2 is 1.16 bits per heavy atom. The number of alkyl halides is 1. The number of benzene rings is 4. The van der Waals surface area contributed by atoms with Gasteiger partial charge in [0.2, 0.25) is 5.82 Å². The van der Waals surface area contributed by atoms with Crippen LogP contribution in [0.5, 0.6) is 0 Å². The van der Waals surface area contributed by atoms with E-state index >= 15 is 0 Å². The first-order chi connectivity index (χ1) is 18.3. The third kappa shape index (κ3) is 4.09. The fourth-order valence-corrected chi connectivity index (χ4v) is 5.25. The molecule has 0 aliphatic rings. The Bertz CT molecular complexity index is 1490. The second-order valence-corrected chi connectivity index (χ2v) is 9.34. The molecule has 0 saturated carbocycles. The molecule has 0 saturated heterocycles. The Hall–Kier alpha value is -4.29. The number of aromatic nitrogens is 5. The molecule has 0 bridgehead atoms. The average Bonchev–Trinajstić information content (AvgIpc) is 3.66. The second-order valence-electron chi connectivity index (χ2n) is 8.77. The van der Waals surface area contributed by atoms with Crippen molar-refractivity contribution in [3.63, 3.8) is 0 Å². The van der Waals surface area contributed by atoms with Crippen LogP contribution < -0.4 is 0 Å². The maximum Gasteiger partial charge on any atom is 0.221 e. The number of nitrogens with zero attached hydrogens (tertiary/aromatic N) is 5. The topological polar surface area (TPSA) is 48.5 Å². The highest BCUT2D eigenvalue weighted by Crippen LogP contribution is 2.40. The van der Waals surface area contributed by atoms with E-state index in [9.17, 15) is 0 Å². The van der Waals surface area contributed by atoms with Gasteiger partial charge >= 0.3 is 0 Å². The normalized spacial score (nSPS) is 11.5. The lowest BCUT2D eigenvalue weighted by atomic mass is 9.77. The summed E-state index contributed by atoms with van der Waals surface area (Å²) in [5, 5.41) is 15.1. The van der Waals surface area contributed by atoms with E-state index in [1.165, 1.54) is 5.56 Å². The fraction of sp³-hybridized carbons (Fsp3) is 0.0645. The van der Waals surface area contributed by atoms with Gasteiger partial charge in [0.05, 0.1) is 5.69 Å². The van der Waals surface area contributed by atoms with Crippen LogP contribution in [0.2, 0.25) is 0 Å². The first-order valence-corrected chi connectivity index (χ1v) is 13.2. The van der Waals surface area contributed by atoms with Crippen LogP contribution in [0.1, 0.15) is 22.3 Å². The molecule has 0 aliphatic heterocycles. The third-order valence-electron chi connectivity index (χ3n) is 6.63. The van der Waals surface area contributed by atoms with Crippen molar-refractivity contribution in [1.82, 2.24) is 24.8 Å². The Morgan fingerprint density at radius 3 is 1.68 bits per heavy atom. The van der Waals surface area contributed by atoms with Crippen molar-refractivity contribution in [3.8, 4) is 17.2 Å². The Balaban J connectivity index is 1.55. The predicted molar refractivity (Wildman–Crippen MR) is 150 cm³/mol. The molecule has 0 atom stereocenters. The molecule has 0 aliphatic carbocycles. The van der Waals surface area contributed by atoms with Crippen molar-refractivity contribution in [2.24, 2.45) is 0 Å². The molecule has 6 rings (SSSR count). The first-order valence-electron chi connectivity index (χ1n) is 12.1. The summed E-state index contributed by atoms with van der Waals surface area (Å²) in [6.07, 6.45) is 2.03. The van der Waals surface area contributed by atoms with Crippen LogP contribution in [0.3, 0.4) is 0 Å². The molecule has 2 heterocycles. The van der Waals surface area contributed by atoms with E-state index in [2.05, 4.69) is 128 Å². The van der Waals surface area contributed by atoms with Crippen LogP contribution in [-0.2, 0) is 10.9 Å². The quantitative estimate of drug-likeness (QED) is 0.162. The van der Waals surface area contributed by atoms with E-state index in [-0.39, 0.29) is 0 Å². The maximum absolute atomic E-state index is 5.04. The van der Waals surface area contributed by atoms with E-state index in [0.29, 0.717) is 5.82 Å². The molecule has 0 spiro atoms. The number of rotatable bonds is 7. The van der Waals surface area contributed by atoms with E-state index in [1.54, 1.807) is 4.80 Å². The van der Waals surface area contributed by atoms with Crippen molar-refractivity contribution < 1.29 is 0 Å². The smallest absolute Gasteiger partial charge is 0.221 e. The van der Waals surface area contributed by atoms with Gasteiger partial charge < -0.3 is 4.57 Å². The highest BCUT2D eigenvalue weighted by molar-refractivity contribution is 9.08. The lowest BCUT2D eigenvalue weighted by Gasteiger charge is -2.34. The molecule has 6 heteroatoms. The van der Waals surface area contributed by atoms with Crippen LogP contribution in [-0.4, -0.2) is 24.8 Å². The molecular formula is C31H24BrN5. The zero-order valence-corrected chi connectivity index (χ0v) is 21.6. The summed E-state index contributed by atoms with van der Waals surface area (Å²) in [6, 6.07) is 43.6. The van der Waals surface area contributed by atoms with Crippen LogP contribution in [0.25, 0.3) is 17.2 Å². The van der Waals surface area contributed by atoms with Crippen LogP contribution >= 0.6 is 15.9 Å². The Kier molecular flexibility index (Phi) is 6.25. The molecule has 0 fully saturated rings. The molecule has 0 amide bonds. The van der Waals surface area contributed by atoms with Crippen molar-refractivity contribution >= 4 is 15.9 Å². The van der Waals surface area contributed by atoms with E-state index in [4.69, 9.17) is 5.10 Å². The van der Waals surface area contributed by atoms with Crippen molar-refractivity contribution in [3.05, 3.63) is 156 Å². The minimum Gasteiger partial charge on any atom is -0.314 e. The van der Waals surface area contributed by atoms with E-state index in [0.717, 1.165) is 33.4 Å². The number of tetrazole rings is 1. The zero-order valence-electron chi connectivity index (χ0n) is 20.0. The average molecular weight is 546 g/mol. The molecule has 180 valence electrons. The van der Waals surface area contributed by atoms with Crippen molar-refractivity contribution in [2.75, 3.05) is 0 Å². The molecule has 4 aromatic carbocycles. The largest absolute Gasteiger partial charge is 0.314 e. The summed E-state index contributed by atoms with van der Waals surface area (Å²) in [5.74, 6) is 0.557. The van der Waals surface area contributed by atoms with Gasteiger partial charge in [-0.1, -0.05) is 119 Å².